The third-order valence-electron chi connectivity index (χ3n) is 2.63. The lowest BCUT2D eigenvalue weighted by Gasteiger charge is -2.25. The largest absolute Gasteiger partial charge is 0.394 e. The molecule has 2 aliphatic rings. The van der Waals surface area contributed by atoms with Crippen molar-refractivity contribution in [3.63, 3.8) is 0 Å². The summed E-state index contributed by atoms with van der Waals surface area (Å²) in [6.07, 6.45) is 4.13. The Hall–Kier alpha value is -0.540. The van der Waals surface area contributed by atoms with Crippen LogP contribution in [-0.2, 0) is 0 Å². The zero-order chi connectivity index (χ0) is 9.26. The Bertz CT molecular complexity index is 262. The number of aliphatic hydroxyl groups is 1. The fourth-order valence-corrected chi connectivity index (χ4v) is 2.15. The van der Waals surface area contributed by atoms with Gasteiger partial charge < -0.3 is 10.0 Å². The van der Waals surface area contributed by atoms with Gasteiger partial charge in [0.05, 0.1) is 19.2 Å². The molecule has 13 heavy (non-hydrogen) atoms. The zero-order valence-corrected chi connectivity index (χ0v) is 8.17. The molecule has 0 aromatic heterocycles. The Labute approximate surface area is 82.7 Å². The number of hydrogen-bond donors (Lipinski definition) is 1. The summed E-state index contributed by atoms with van der Waals surface area (Å²) in [5, 5.41) is 9.71. The molecule has 0 radical (unpaired) electrons. The maximum atomic E-state index is 9.12. The van der Waals surface area contributed by atoms with Crippen molar-refractivity contribution in [3.8, 4) is 0 Å². The summed E-state index contributed by atoms with van der Waals surface area (Å²) in [6, 6.07) is 0.281. The first-order chi connectivity index (χ1) is 6.31. The van der Waals surface area contributed by atoms with Crippen LogP contribution in [0.2, 0.25) is 0 Å². The van der Waals surface area contributed by atoms with E-state index in [1.165, 1.54) is 0 Å². The molecule has 2 heterocycles. The van der Waals surface area contributed by atoms with Crippen molar-refractivity contribution in [2.24, 2.45) is 4.99 Å². The van der Waals surface area contributed by atoms with Crippen LogP contribution in [0.3, 0.4) is 0 Å². The van der Waals surface area contributed by atoms with Gasteiger partial charge in [-0.3, -0.25) is 4.99 Å². The molecule has 0 unspecified atom stereocenters. The van der Waals surface area contributed by atoms with Crippen LogP contribution in [0.25, 0.3) is 0 Å². The van der Waals surface area contributed by atoms with Crippen LogP contribution in [0, 0.1) is 0 Å². The molecule has 0 amide bonds. The monoisotopic (exact) mass is 200 g/mol. The second kappa shape index (κ2) is 3.68. The van der Waals surface area contributed by atoms with Gasteiger partial charge in [0.2, 0.25) is 0 Å². The fourth-order valence-electron chi connectivity index (χ4n) is 1.96. The van der Waals surface area contributed by atoms with Crippen molar-refractivity contribution < 1.29 is 5.11 Å². The molecular formula is C9H13ClN2O. The van der Waals surface area contributed by atoms with E-state index >= 15 is 0 Å². The fraction of sp³-hybridized carbons (Fsp3) is 0.667. The number of halogens is 1. The van der Waals surface area contributed by atoms with Crippen LogP contribution in [0.4, 0.5) is 0 Å². The minimum Gasteiger partial charge on any atom is -0.394 e. The highest BCUT2D eigenvalue weighted by atomic mass is 35.5. The van der Waals surface area contributed by atoms with E-state index < -0.39 is 0 Å². The van der Waals surface area contributed by atoms with Crippen molar-refractivity contribution in [1.29, 1.82) is 0 Å². The topological polar surface area (TPSA) is 35.8 Å². The van der Waals surface area contributed by atoms with E-state index in [1.54, 1.807) is 0 Å². The van der Waals surface area contributed by atoms with Crippen LogP contribution in [0.15, 0.2) is 16.8 Å². The van der Waals surface area contributed by atoms with Crippen LogP contribution in [-0.4, -0.2) is 40.9 Å². The Morgan fingerprint density at radius 1 is 1.69 bits per heavy atom. The molecule has 0 bridgehead atoms. The first-order valence-corrected chi connectivity index (χ1v) is 4.97. The molecule has 72 valence electrons. The van der Waals surface area contributed by atoms with Gasteiger partial charge in [0.25, 0.3) is 0 Å². The SMILES string of the molecule is OC[C@H]1CCCN1C1=CC(Cl)=NC1. The van der Waals surface area contributed by atoms with Crippen molar-refractivity contribution in [1.82, 2.24) is 4.90 Å². The van der Waals surface area contributed by atoms with E-state index in [1.807, 2.05) is 6.08 Å². The number of allylic oxidation sites excluding steroid dienone is 1. The normalized spacial score (nSPS) is 27.8. The second-order valence-corrected chi connectivity index (χ2v) is 3.83. The van der Waals surface area contributed by atoms with Gasteiger partial charge in [-0.25, -0.2) is 0 Å². The van der Waals surface area contributed by atoms with Gasteiger partial charge in [-0.15, -0.1) is 0 Å². The van der Waals surface area contributed by atoms with E-state index in [-0.39, 0.29) is 12.6 Å². The highest BCUT2D eigenvalue weighted by Gasteiger charge is 2.26. The Kier molecular flexibility index (Phi) is 2.56. The standard InChI is InChI=1S/C9H13ClN2O/c10-9-4-8(5-11-9)12-3-1-2-7(12)6-13/h4,7,13H,1-3,5-6H2/t7-/m1/s1. The summed E-state index contributed by atoms with van der Waals surface area (Å²) >= 11 is 5.76. The highest BCUT2D eigenvalue weighted by molar-refractivity contribution is 6.68. The smallest absolute Gasteiger partial charge is 0.125 e. The number of likely N-dealkylation sites (tertiary alicyclic amines) is 1. The molecule has 1 atom stereocenters. The summed E-state index contributed by atoms with van der Waals surface area (Å²) in [7, 11) is 0. The number of rotatable bonds is 2. The second-order valence-electron chi connectivity index (χ2n) is 3.45. The zero-order valence-electron chi connectivity index (χ0n) is 7.41. The van der Waals surface area contributed by atoms with Crippen LogP contribution in [0.5, 0.6) is 0 Å². The van der Waals surface area contributed by atoms with Gasteiger partial charge in [-0.1, -0.05) is 11.6 Å². The van der Waals surface area contributed by atoms with Crippen LogP contribution in [0.1, 0.15) is 12.8 Å². The minimum absolute atomic E-state index is 0.231. The highest BCUT2D eigenvalue weighted by Crippen LogP contribution is 2.24. The number of aliphatic hydroxyl groups excluding tert-OH is 1. The van der Waals surface area contributed by atoms with Gasteiger partial charge in [-0.2, -0.15) is 0 Å². The molecule has 0 spiro atoms. The molecule has 2 aliphatic heterocycles. The predicted octanol–water partition coefficient (Wildman–Crippen LogP) is 0.978. The van der Waals surface area contributed by atoms with E-state index in [4.69, 9.17) is 16.7 Å². The van der Waals surface area contributed by atoms with Crippen molar-refractivity contribution >= 4 is 16.8 Å². The molecule has 0 saturated carbocycles. The summed E-state index contributed by atoms with van der Waals surface area (Å²) in [5.74, 6) is 0. The number of hydrogen-bond acceptors (Lipinski definition) is 3. The van der Waals surface area contributed by atoms with E-state index in [0.717, 1.165) is 25.1 Å². The molecular weight excluding hydrogens is 188 g/mol. The van der Waals surface area contributed by atoms with Crippen molar-refractivity contribution in [2.45, 2.75) is 18.9 Å². The third-order valence-corrected chi connectivity index (χ3v) is 2.86. The maximum Gasteiger partial charge on any atom is 0.125 e. The van der Waals surface area contributed by atoms with Crippen molar-refractivity contribution in [2.75, 3.05) is 19.7 Å². The first-order valence-electron chi connectivity index (χ1n) is 4.59. The molecule has 2 rings (SSSR count). The summed E-state index contributed by atoms with van der Waals surface area (Å²) in [4.78, 5) is 6.32. The average molecular weight is 201 g/mol. The summed E-state index contributed by atoms with van der Waals surface area (Å²) < 4.78 is 0. The lowest BCUT2D eigenvalue weighted by Crippen LogP contribution is -2.32. The lowest BCUT2D eigenvalue weighted by atomic mass is 10.2. The molecule has 0 aromatic carbocycles. The van der Waals surface area contributed by atoms with Gasteiger partial charge >= 0.3 is 0 Å². The molecule has 1 saturated heterocycles. The molecule has 1 N–H and O–H groups in total. The van der Waals surface area contributed by atoms with Gasteiger partial charge in [-0.05, 0) is 18.9 Å². The van der Waals surface area contributed by atoms with Gasteiger partial charge in [0.15, 0.2) is 0 Å². The Morgan fingerprint density at radius 3 is 3.15 bits per heavy atom. The Balaban J connectivity index is 2.05. The molecule has 4 heteroatoms. The number of nitrogens with zero attached hydrogens (tertiary/aromatic N) is 2. The van der Waals surface area contributed by atoms with E-state index in [2.05, 4.69) is 9.89 Å². The maximum absolute atomic E-state index is 9.12. The quantitative estimate of drug-likeness (QED) is 0.722. The van der Waals surface area contributed by atoms with Crippen LogP contribution < -0.4 is 0 Å². The average Bonchev–Trinajstić information content (AvgIpc) is 2.71. The lowest BCUT2D eigenvalue weighted by molar-refractivity contribution is 0.186. The molecule has 1 fully saturated rings. The molecule has 0 aromatic rings. The molecule has 0 aliphatic carbocycles. The Morgan fingerprint density at radius 2 is 2.54 bits per heavy atom. The van der Waals surface area contributed by atoms with Gasteiger partial charge in [0, 0.05) is 12.2 Å². The summed E-state index contributed by atoms with van der Waals surface area (Å²) in [6.45, 7) is 1.93. The van der Waals surface area contributed by atoms with E-state index in [9.17, 15) is 0 Å². The van der Waals surface area contributed by atoms with E-state index in [0.29, 0.717) is 11.7 Å². The number of aliphatic imine (C=N–C) groups is 1. The predicted molar refractivity (Wildman–Crippen MR) is 53.1 cm³/mol. The summed E-state index contributed by atoms with van der Waals surface area (Å²) in [5.41, 5.74) is 1.15. The minimum atomic E-state index is 0.231. The van der Waals surface area contributed by atoms with Gasteiger partial charge in [0.1, 0.15) is 5.17 Å². The first kappa shape index (κ1) is 9.03. The van der Waals surface area contributed by atoms with Crippen LogP contribution >= 0.6 is 11.6 Å². The molecule has 3 nitrogen and oxygen atoms in total. The van der Waals surface area contributed by atoms with Crippen molar-refractivity contribution in [3.05, 3.63) is 11.8 Å². The third kappa shape index (κ3) is 1.71.